The molecule has 138 valence electrons. The molecule has 24 heavy (non-hydrogen) atoms. The molecule has 2 rings (SSSR count). The van der Waals surface area contributed by atoms with Gasteiger partial charge >= 0.3 is 0 Å². The number of thioether (sulfide) groups is 1. The van der Waals surface area contributed by atoms with Crippen molar-refractivity contribution < 1.29 is 9.15 Å². The van der Waals surface area contributed by atoms with Crippen LogP contribution >= 0.6 is 35.7 Å². The van der Waals surface area contributed by atoms with E-state index in [1.54, 1.807) is 6.26 Å². The van der Waals surface area contributed by atoms with Crippen molar-refractivity contribution in [3.63, 3.8) is 0 Å². The topological polar surface area (TPSA) is 50.0 Å². The summed E-state index contributed by atoms with van der Waals surface area (Å²) in [6, 6.07) is 3.81. The predicted molar refractivity (Wildman–Crippen MR) is 112 cm³/mol. The standard InChI is InChI=1S/C17H29N3O2S.HI/c1-4-18-16(20-9-12-23-17(2,3)14-20)19-8-6-10-21-13-15-7-5-11-22-15;/h5,7,11H,4,6,8-10,12-14H2,1-3H3,(H,18,19);1H. The summed E-state index contributed by atoms with van der Waals surface area (Å²) in [5.41, 5.74) is 0. The average molecular weight is 467 g/mol. The molecule has 1 fully saturated rings. The lowest BCUT2D eigenvalue weighted by molar-refractivity contribution is 0.105. The molecule has 5 nitrogen and oxygen atoms in total. The van der Waals surface area contributed by atoms with Gasteiger partial charge in [-0.1, -0.05) is 0 Å². The van der Waals surface area contributed by atoms with Crippen molar-refractivity contribution in [3.8, 4) is 0 Å². The summed E-state index contributed by atoms with van der Waals surface area (Å²) in [5.74, 6) is 3.06. The van der Waals surface area contributed by atoms with Crippen LogP contribution in [0.15, 0.2) is 27.8 Å². The molecule has 1 aromatic heterocycles. The predicted octanol–water partition coefficient (Wildman–Crippen LogP) is 3.60. The van der Waals surface area contributed by atoms with Crippen LogP contribution in [0, 0.1) is 0 Å². The summed E-state index contributed by atoms with van der Waals surface area (Å²) in [4.78, 5) is 7.13. The molecule has 1 aliphatic heterocycles. The Morgan fingerprint density at radius 1 is 1.50 bits per heavy atom. The Kier molecular flexibility index (Phi) is 10.1. The second kappa shape index (κ2) is 11.3. The zero-order valence-corrected chi connectivity index (χ0v) is 18.1. The van der Waals surface area contributed by atoms with Gasteiger partial charge < -0.3 is 19.4 Å². The van der Waals surface area contributed by atoms with Gasteiger partial charge in [0, 0.05) is 43.3 Å². The van der Waals surface area contributed by atoms with Gasteiger partial charge in [-0.3, -0.25) is 4.99 Å². The van der Waals surface area contributed by atoms with Crippen molar-refractivity contribution in [3.05, 3.63) is 24.2 Å². The molecule has 0 saturated carbocycles. The molecule has 0 aliphatic carbocycles. The van der Waals surface area contributed by atoms with Crippen LogP contribution in [0.2, 0.25) is 0 Å². The third-order valence-corrected chi connectivity index (χ3v) is 4.89. The number of hydrogen-bond donors (Lipinski definition) is 1. The van der Waals surface area contributed by atoms with E-state index >= 15 is 0 Å². The van der Waals surface area contributed by atoms with Crippen molar-refractivity contribution in [1.29, 1.82) is 0 Å². The Morgan fingerprint density at radius 3 is 3.00 bits per heavy atom. The molecule has 1 aromatic rings. The summed E-state index contributed by atoms with van der Waals surface area (Å²) in [6.45, 7) is 11.7. The van der Waals surface area contributed by atoms with Crippen molar-refractivity contribution in [2.24, 2.45) is 4.99 Å². The maximum Gasteiger partial charge on any atom is 0.193 e. The Labute approximate surface area is 167 Å². The highest BCUT2D eigenvalue weighted by molar-refractivity contribution is 14.0. The quantitative estimate of drug-likeness (QED) is 0.288. The summed E-state index contributed by atoms with van der Waals surface area (Å²) >= 11 is 2.04. The molecule has 7 heteroatoms. The van der Waals surface area contributed by atoms with Gasteiger partial charge in [0.05, 0.1) is 6.26 Å². The van der Waals surface area contributed by atoms with Gasteiger partial charge in [-0.25, -0.2) is 0 Å². The number of nitrogens with zero attached hydrogens (tertiary/aromatic N) is 2. The molecule has 2 heterocycles. The summed E-state index contributed by atoms with van der Waals surface area (Å²) in [7, 11) is 0. The van der Waals surface area contributed by atoms with E-state index in [-0.39, 0.29) is 24.0 Å². The molecule has 0 aromatic carbocycles. The Balaban J connectivity index is 0.00000288. The molecule has 0 atom stereocenters. The van der Waals surface area contributed by atoms with E-state index in [1.807, 2.05) is 23.9 Å². The Hall–Kier alpha value is -0.410. The monoisotopic (exact) mass is 467 g/mol. The molecule has 1 aliphatic rings. The van der Waals surface area contributed by atoms with Crippen LogP contribution in [-0.4, -0.2) is 54.1 Å². The van der Waals surface area contributed by atoms with E-state index in [9.17, 15) is 0 Å². The summed E-state index contributed by atoms with van der Waals surface area (Å²) < 4.78 is 11.1. The SMILES string of the molecule is CCNC(=NCCCOCc1ccco1)N1CCSC(C)(C)C1.I. The molecular formula is C17H30IN3O2S. The van der Waals surface area contributed by atoms with E-state index < -0.39 is 0 Å². The minimum absolute atomic E-state index is 0. The van der Waals surface area contributed by atoms with Crippen molar-refractivity contribution in [1.82, 2.24) is 10.2 Å². The first-order valence-corrected chi connectivity index (χ1v) is 9.36. The molecular weight excluding hydrogens is 437 g/mol. The summed E-state index contributed by atoms with van der Waals surface area (Å²) in [6.07, 6.45) is 2.59. The number of guanidine groups is 1. The zero-order valence-electron chi connectivity index (χ0n) is 14.9. The highest BCUT2D eigenvalue weighted by Crippen LogP contribution is 2.29. The Bertz CT molecular complexity index is 480. The molecule has 0 unspecified atom stereocenters. The van der Waals surface area contributed by atoms with Gasteiger partial charge in [-0.05, 0) is 39.3 Å². The number of hydrogen-bond acceptors (Lipinski definition) is 4. The molecule has 0 bridgehead atoms. The van der Waals surface area contributed by atoms with Gasteiger partial charge in [0.1, 0.15) is 12.4 Å². The smallest absolute Gasteiger partial charge is 0.193 e. The van der Waals surface area contributed by atoms with Gasteiger partial charge in [-0.2, -0.15) is 11.8 Å². The lowest BCUT2D eigenvalue weighted by Crippen LogP contribution is -2.51. The number of furan rings is 1. The van der Waals surface area contributed by atoms with Crippen molar-refractivity contribution in [2.45, 2.75) is 38.5 Å². The van der Waals surface area contributed by atoms with Gasteiger partial charge in [0.15, 0.2) is 5.96 Å². The van der Waals surface area contributed by atoms with E-state index in [4.69, 9.17) is 14.1 Å². The summed E-state index contributed by atoms with van der Waals surface area (Å²) in [5, 5.41) is 3.41. The van der Waals surface area contributed by atoms with Crippen molar-refractivity contribution >= 4 is 41.7 Å². The number of aliphatic imine (C=N–C) groups is 1. The first-order chi connectivity index (χ1) is 11.1. The molecule has 0 radical (unpaired) electrons. The maximum absolute atomic E-state index is 5.60. The molecule has 0 spiro atoms. The van der Waals surface area contributed by atoms with Crippen LogP contribution in [0.3, 0.4) is 0 Å². The van der Waals surface area contributed by atoms with Gasteiger partial charge in [0.2, 0.25) is 0 Å². The second-order valence-electron chi connectivity index (χ2n) is 6.25. The van der Waals surface area contributed by atoms with E-state index in [0.29, 0.717) is 18.0 Å². The largest absolute Gasteiger partial charge is 0.467 e. The zero-order chi connectivity index (χ0) is 16.5. The van der Waals surface area contributed by atoms with Crippen LogP contribution in [0.4, 0.5) is 0 Å². The molecule has 1 N–H and O–H groups in total. The van der Waals surface area contributed by atoms with Crippen LogP contribution in [-0.2, 0) is 11.3 Å². The molecule has 0 amide bonds. The second-order valence-corrected chi connectivity index (χ2v) is 8.05. The fraction of sp³-hybridized carbons (Fsp3) is 0.706. The highest BCUT2D eigenvalue weighted by atomic mass is 127. The van der Waals surface area contributed by atoms with Gasteiger partial charge in [-0.15, -0.1) is 24.0 Å². The highest BCUT2D eigenvalue weighted by Gasteiger charge is 2.28. The normalized spacial score (nSPS) is 17.5. The average Bonchev–Trinajstić information content (AvgIpc) is 3.02. The van der Waals surface area contributed by atoms with Gasteiger partial charge in [0.25, 0.3) is 0 Å². The fourth-order valence-corrected chi connectivity index (χ4v) is 3.65. The number of rotatable bonds is 7. The fourth-order valence-electron chi connectivity index (χ4n) is 2.54. The van der Waals surface area contributed by atoms with E-state index in [0.717, 1.165) is 50.1 Å². The minimum Gasteiger partial charge on any atom is -0.467 e. The maximum atomic E-state index is 5.60. The first kappa shape index (κ1) is 21.6. The van der Waals surface area contributed by atoms with Crippen LogP contribution < -0.4 is 5.32 Å². The lowest BCUT2D eigenvalue weighted by atomic mass is 10.2. The number of nitrogens with one attached hydrogen (secondary N) is 1. The number of halogens is 1. The van der Waals surface area contributed by atoms with E-state index in [2.05, 4.69) is 31.0 Å². The van der Waals surface area contributed by atoms with Crippen LogP contribution in [0.25, 0.3) is 0 Å². The lowest BCUT2D eigenvalue weighted by Gasteiger charge is -2.39. The van der Waals surface area contributed by atoms with Crippen LogP contribution in [0.1, 0.15) is 33.0 Å². The number of ether oxygens (including phenoxy) is 1. The first-order valence-electron chi connectivity index (χ1n) is 8.38. The van der Waals surface area contributed by atoms with Crippen LogP contribution in [0.5, 0.6) is 0 Å². The van der Waals surface area contributed by atoms with Crippen molar-refractivity contribution in [2.75, 3.05) is 38.5 Å². The minimum atomic E-state index is 0. The third kappa shape index (κ3) is 7.65. The molecule has 1 saturated heterocycles. The Morgan fingerprint density at radius 2 is 2.33 bits per heavy atom. The van der Waals surface area contributed by atoms with E-state index in [1.165, 1.54) is 0 Å². The third-order valence-electron chi connectivity index (χ3n) is 3.59.